The molecule has 0 spiro atoms. The summed E-state index contributed by atoms with van der Waals surface area (Å²) >= 11 is 0. The van der Waals surface area contributed by atoms with Crippen LogP contribution in [0.4, 0.5) is 0 Å². The first-order valence-corrected chi connectivity index (χ1v) is 7.60. The molecule has 2 N–H and O–H groups in total. The van der Waals surface area contributed by atoms with Gasteiger partial charge in [0, 0.05) is 24.2 Å². The summed E-state index contributed by atoms with van der Waals surface area (Å²) in [4.78, 5) is 13.3. The van der Waals surface area contributed by atoms with Gasteiger partial charge in [0.2, 0.25) is 5.91 Å². The number of primary amides is 1. The maximum atomic E-state index is 10.8. The lowest BCUT2D eigenvalue weighted by atomic mass is 10.0. The minimum Gasteiger partial charge on any atom is -0.492 e. The molecule has 1 aliphatic heterocycles. The molecule has 1 amide bonds. The molecule has 1 heterocycles. The minimum atomic E-state index is -0.452. The van der Waals surface area contributed by atoms with Gasteiger partial charge in [-0.2, -0.15) is 0 Å². The predicted molar refractivity (Wildman–Crippen MR) is 85.1 cm³/mol. The highest BCUT2D eigenvalue weighted by Crippen LogP contribution is 2.20. The van der Waals surface area contributed by atoms with E-state index in [4.69, 9.17) is 10.5 Å². The maximum absolute atomic E-state index is 10.8. The fourth-order valence-corrected chi connectivity index (χ4v) is 2.68. The maximum Gasteiger partial charge on any atom is 0.241 e. The first-order chi connectivity index (χ1) is 10.2. The van der Waals surface area contributed by atoms with Crippen molar-refractivity contribution in [1.82, 2.24) is 4.90 Å². The van der Waals surface area contributed by atoms with Crippen LogP contribution in [-0.2, 0) is 4.79 Å². The zero-order valence-electron chi connectivity index (χ0n) is 12.6. The molecule has 114 valence electrons. The molecule has 21 heavy (non-hydrogen) atoms. The van der Waals surface area contributed by atoms with Crippen molar-refractivity contribution in [2.75, 3.05) is 19.7 Å². The number of benzene rings is 1. The molecule has 4 nitrogen and oxygen atoms in total. The van der Waals surface area contributed by atoms with Crippen LogP contribution in [0.15, 0.2) is 30.3 Å². The van der Waals surface area contributed by atoms with Crippen molar-refractivity contribution in [3.8, 4) is 5.75 Å². The number of nitrogens with zero attached hydrogens (tertiary/aromatic N) is 1. The zero-order valence-corrected chi connectivity index (χ0v) is 12.6. The van der Waals surface area contributed by atoms with Crippen LogP contribution in [0, 0.1) is 0 Å². The van der Waals surface area contributed by atoms with E-state index in [0.29, 0.717) is 12.6 Å². The fraction of sp³-hybridized carbons (Fsp3) is 0.471. The average molecular weight is 288 g/mol. The Bertz CT molecular complexity index is 499. The van der Waals surface area contributed by atoms with Gasteiger partial charge in [0.05, 0.1) is 0 Å². The number of hydrogen-bond acceptors (Lipinski definition) is 3. The van der Waals surface area contributed by atoms with E-state index in [2.05, 4.69) is 11.8 Å². The van der Waals surface area contributed by atoms with Gasteiger partial charge in [0.25, 0.3) is 0 Å². The van der Waals surface area contributed by atoms with Gasteiger partial charge in [-0.05, 0) is 38.5 Å². The zero-order chi connectivity index (χ0) is 15.1. The minimum absolute atomic E-state index is 0.452. The molecule has 1 fully saturated rings. The molecular weight excluding hydrogens is 264 g/mol. The molecule has 1 aromatic rings. The molecule has 1 atom stereocenters. The molecule has 0 radical (unpaired) electrons. The van der Waals surface area contributed by atoms with Crippen molar-refractivity contribution in [3.63, 3.8) is 0 Å². The average Bonchev–Trinajstić information content (AvgIpc) is 2.48. The van der Waals surface area contributed by atoms with E-state index in [1.165, 1.54) is 25.3 Å². The molecule has 2 rings (SSSR count). The summed E-state index contributed by atoms with van der Waals surface area (Å²) in [6.45, 7) is 5.04. The molecule has 1 aromatic carbocycles. The van der Waals surface area contributed by atoms with Crippen LogP contribution in [0.5, 0.6) is 5.75 Å². The van der Waals surface area contributed by atoms with Gasteiger partial charge in [0.1, 0.15) is 12.4 Å². The van der Waals surface area contributed by atoms with E-state index in [9.17, 15) is 4.79 Å². The highest BCUT2D eigenvalue weighted by Gasteiger charge is 2.17. The van der Waals surface area contributed by atoms with E-state index >= 15 is 0 Å². The van der Waals surface area contributed by atoms with Crippen LogP contribution in [-0.4, -0.2) is 36.5 Å². The molecule has 0 aliphatic carbocycles. The summed E-state index contributed by atoms with van der Waals surface area (Å²) in [6.07, 6.45) is 6.94. The van der Waals surface area contributed by atoms with E-state index < -0.39 is 5.91 Å². The van der Waals surface area contributed by atoms with Gasteiger partial charge in [-0.3, -0.25) is 9.69 Å². The van der Waals surface area contributed by atoms with Crippen LogP contribution in [0.2, 0.25) is 0 Å². The highest BCUT2D eigenvalue weighted by molar-refractivity contribution is 5.90. The molecule has 0 saturated carbocycles. The number of carbonyl (C=O) groups is 1. The Labute approximate surface area is 126 Å². The fourth-order valence-electron chi connectivity index (χ4n) is 2.68. The third-order valence-corrected chi connectivity index (χ3v) is 3.92. The molecule has 4 heteroatoms. The number of nitrogens with two attached hydrogens (primary N) is 1. The third kappa shape index (κ3) is 4.90. The standard InChI is InChI=1S/C17H24N2O2/c1-14-6-4-5-11-19(14)12-13-21-16-8-3-2-7-15(16)9-10-17(18)20/h2-3,7-10,14H,4-6,11-13H2,1H3,(H2,18,20)/b10-9-. The van der Waals surface area contributed by atoms with Crippen molar-refractivity contribution in [2.24, 2.45) is 5.73 Å². The first kappa shape index (κ1) is 15.6. The Morgan fingerprint density at radius 2 is 2.24 bits per heavy atom. The van der Waals surface area contributed by atoms with Crippen molar-refractivity contribution < 1.29 is 9.53 Å². The lowest BCUT2D eigenvalue weighted by Gasteiger charge is -2.33. The summed E-state index contributed by atoms with van der Waals surface area (Å²) < 4.78 is 5.88. The van der Waals surface area contributed by atoms with Gasteiger partial charge in [-0.1, -0.05) is 24.6 Å². The van der Waals surface area contributed by atoms with Crippen LogP contribution in [0.25, 0.3) is 6.08 Å². The Morgan fingerprint density at radius 1 is 1.43 bits per heavy atom. The molecule has 0 aromatic heterocycles. The molecular formula is C17H24N2O2. The summed E-state index contributed by atoms with van der Waals surface area (Å²) in [5, 5.41) is 0. The largest absolute Gasteiger partial charge is 0.492 e. The molecule has 0 bridgehead atoms. The summed E-state index contributed by atoms with van der Waals surface area (Å²) in [6, 6.07) is 8.33. The summed E-state index contributed by atoms with van der Waals surface area (Å²) in [5.41, 5.74) is 6.01. The van der Waals surface area contributed by atoms with Crippen LogP contribution < -0.4 is 10.5 Å². The Balaban J connectivity index is 1.89. The van der Waals surface area contributed by atoms with Crippen molar-refractivity contribution in [3.05, 3.63) is 35.9 Å². The first-order valence-electron chi connectivity index (χ1n) is 7.60. The van der Waals surface area contributed by atoms with Crippen LogP contribution in [0.3, 0.4) is 0 Å². The Morgan fingerprint density at radius 3 is 3.00 bits per heavy atom. The van der Waals surface area contributed by atoms with Crippen LogP contribution >= 0.6 is 0 Å². The lowest BCUT2D eigenvalue weighted by Crippen LogP contribution is -2.39. The SMILES string of the molecule is CC1CCCCN1CCOc1ccccc1/C=C\C(N)=O. The number of piperidine rings is 1. The number of amides is 1. The number of rotatable bonds is 6. The molecule has 1 unspecified atom stereocenters. The molecule has 1 aliphatic rings. The monoisotopic (exact) mass is 288 g/mol. The topological polar surface area (TPSA) is 55.6 Å². The smallest absolute Gasteiger partial charge is 0.241 e. The number of likely N-dealkylation sites (tertiary alicyclic amines) is 1. The normalized spacial score (nSPS) is 19.8. The highest BCUT2D eigenvalue weighted by atomic mass is 16.5. The second-order valence-electron chi connectivity index (χ2n) is 5.50. The second-order valence-corrected chi connectivity index (χ2v) is 5.50. The second kappa shape index (κ2) is 7.84. The Hall–Kier alpha value is -1.81. The summed E-state index contributed by atoms with van der Waals surface area (Å²) in [5.74, 6) is 0.339. The van der Waals surface area contributed by atoms with E-state index in [1.807, 2.05) is 24.3 Å². The van der Waals surface area contributed by atoms with Crippen LogP contribution in [0.1, 0.15) is 31.7 Å². The lowest BCUT2D eigenvalue weighted by molar-refractivity contribution is -0.113. The van der Waals surface area contributed by atoms with Gasteiger partial charge in [-0.15, -0.1) is 0 Å². The predicted octanol–water partition coefficient (Wildman–Crippen LogP) is 2.44. The van der Waals surface area contributed by atoms with Gasteiger partial charge >= 0.3 is 0 Å². The number of carbonyl (C=O) groups excluding carboxylic acids is 1. The summed E-state index contributed by atoms with van der Waals surface area (Å²) in [7, 11) is 0. The molecule has 1 saturated heterocycles. The number of ether oxygens (including phenoxy) is 1. The van der Waals surface area contributed by atoms with Crippen molar-refractivity contribution in [1.29, 1.82) is 0 Å². The van der Waals surface area contributed by atoms with E-state index in [0.717, 1.165) is 24.4 Å². The van der Waals surface area contributed by atoms with E-state index in [1.54, 1.807) is 6.08 Å². The number of para-hydroxylation sites is 1. The Kier molecular flexibility index (Phi) is 5.81. The van der Waals surface area contributed by atoms with E-state index in [-0.39, 0.29) is 0 Å². The van der Waals surface area contributed by atoms with Crippen molar-refractivity contribution in [2.45, 2.75) is 32.2 Å². The number of hydrogen-bond donors (Lipinski definition) is 1. The van der Waals surface area contributed by atoms with Gasteiger partial charge < -0.3 is 10.5 Å². The van der Waals surface area contributed by atoms with Gasteiger partial charge in [0.15, 0.2) is 0 Å². The van der Waals surface area contributed by atoms with Gasteiger partial charge in [-0.25, -0.2) is 0 Å². The third-order valence-electron chi connectivity index (χ3n) is 3.92. The quantitative estimate of drug-likeness (QED) is 0.818. The van der Waals surface area contributed by atoms with Crippen molar-refractivity contribution >= 4 is 12.0 Å².